The summed E-state index contributed by atoms with van der Waals surface area (Å²) in [5.41, 5.74) is 6.04. The van der Waals surface area contributed by atoms with E-state index in [4.69, 9.17) is 10.5 Å². The summed E-state index contributed by atoms with van der Waals surface area (Å²) < 4.78 is 35.7. The van der Waals surface area contributed by atoms with Gasteiger partial charge in [-0.1, -0.05) is 0 Å². The number of imidazole rings is 1. The molecule has 15 nitrogen and oxygen atoms in total. The van der Waals surface area contributed by atoms with Crippen LogP contribution in [0.5, 0.6) is 0 Å². The molecule has 4 unspecified atom stereocenters. The van der Waals surface area contributed by atoms with Crippen LogP contribution in [-0.2, 0) is 22.7 Å². The summed E-state index contributed by atoms with van der Waals surface area (Å²) >= 11 is 0. The molecule has 2 aromatic rings. The van der Waals surface area contributed by atoms with E-state index in [-0.39, 0.29) is 73.6 Å². The maximum absolute atomic E-state index is 11.3. The first kappa shape index (κ1) is 30.3. The minimum absolute atomic E-state index is 0. The largest absolute Gasteiger partial charge is 1.00 e. The van der Waals surface area contributed by atoms with Crippen molar-refractivity contribution in [1.29, 1.82) is 0 Å². The van der Waals surface area contributed by atoms with Gasteiger partial charge in [0, 0.05) is 0 Å². The van der Waals surface area contributed by atoms with Crippen LogP contribution in [0.3, 0.4) is 0 Å². The van der Waals surface area contributed by atoms with Crippen molar-refractivity contribution in [3.05, 3.63) is 12.7 Å². The first-order valence-corrected chi connectivity index (χ1v) is 10.0. The minimum Gasteiger partial charge on any atom is -0.790 e. The second-order valence-electron chi connectivity index (χ2n) is 5.40. The van der Waals surface area contributed by atoms with E-state index in [1.54, 1.807) is 0 Å². The van der Waals surface area contributed by atoms with Crippen molar-refractivity contribution in [2.45, 2.75) is 24.5 Å². The van der Waals surface area contributed by atoms with E-state index >= 15 is 0 Å². The number of hydrogen-bond donors (Lipinski definition) is 3. The Morgan fingerprint density at radius 3 is 2.37 bits per heavy atom. The number of nitrogens with two attached hydrogens (primary N) is 1. The molecule has 0 amide bonds. The Morgan fingerprint density at radius 2 is 1.77 bits per heavy atom. The van der Waals surface area contributed by atoms with Gasteiger partial charge in [0.05, 0.1) is 20.8 Å². The minimum atomic E-state index is -5.85. The number of nitrogens with zero attached hydrogens (tertiary/aromatic N) is 4. The fourth-order valence-corrected chi connectivity index (χ4v) is 3.96. The van der Waals surface area contributed by atoms with Gasteiger partial charge in [0.15, 0.2) is 17.7 Å². The molecule has 0 aliphatic carbocycles. The fraction of sp³-hybridized carbons (Fsp3) is 0.500. The molecule has 1 aliphatic rings. The van der Waals surface area contributed by atoms with E-state index in [0.717, 1.165) is 6.33 Å². The third-order valence-electron chi connectivity index (χ3n) is 3.60. The number of hydrogen-bond acceptors (Lipinski definition) is 14. The van der Waals surface area contributed by atoms with Crippen molar-refractivity contribution >= 4 is 32.6 Å². The summed E-state index contributed by atoms with van der Waals surface area (Å²) in [7, 11) is -11.4. The summed E-state index contributed by atoms with van der Waals surface area (Å²) in [6.07, 6.45) is -3.48. The summed E-state index contributed by atoms with van der Waals surface area (Å²) in [4.78, 5) is 43.7. The first-order chi connectivity index (χ1) is 12.5. The summed E-state index contributed by atoms with van der Waals surface area (Å²) in [6.45, 7) is -0.931. The van der Waals surface area contributed by atoms with Crippen molar-refractivity contribution in [3.8, 4) is 0 Å². The molecule has 30 heavy (non-hydrogen) atoms. The van der Waals surface area contributed by atoms with E-state index in [1.807, 2.05) is 0 Å². The molecule has 0 radical (unpaired) electrons. The van der Waals surface area contributed by atoms with Crippen molar-refractivity contribution in [2.75, 3.05) is 12.3 Å². The Balaban J connectivity index is 0.00000280. The van der Waals surface area contributed by atoms with Crippen LogP contribution >= 0.6 is 15.6 Å². The molecule has 20 heteroatoms. The molecule has 2 aromatic heterocycles. The zero-order valence-corrected chi connectivity index (χ0v) is 17.9. The molecule has 0 spiro atoms. The van der Waals surface area contributed by atoms with Gasteiger partial charge in [-0.05, 0) is 0 Å². The van der Waals surface area contributed by atoms with Crippen LogP contribution in [0.2, 0.25) is 0 Å². The number of nitrogen functional groups attached to an aromatic ring is 1. The molecule has 1 saturated heterocycles. The zero-order valence-electron chi connectivity index (χ0n) is 16.1. The standard InChI is InChI=1S/C10H15N5O10P2.3Li/c11-8-5-9(13-2-12-8)15(3-14-5)10-7(17)6(16)4(24-10)1-23-27(21,22)25-26(18,19)20;;;/h2-4,6-7,10,16-17H,1H2,(H,21,22)(H2,11,12,13)(H2,18,19,20);;;/q;3*+1/p-3/t4?,6?,7-,10?;;;/m0.../s1. The number of anilines is 1. The SMILES string of the molecule is Nc1ncnc2c1ncn2C1OC(COP(=O)([O-])OP(=O)([O-])[O-])C(O)[C@@H]1O.[Li+].[Li+].[Li+]. The monoisotopic (exact) mass is 445 g/mol. The van der Waals surface area contributed by atoms with Gasteiger partial charge in [-0.3, -0.25) is 13.4 Å². The Morgan fingerprint density at radius 1 is 1.13 bits per heavy atom. The van der Waals surface area contributed by atoms with Crippen LogP contribution in [0, 0.1) is 0 Å². The van der Waals surface area contributed by atoms with E-state index in [1.165, 1.54) is 10.9 Å². The molecule has 5 atom stereocenters. The normalized spacial score (nSPS) is 25.6. The number of ether oxygens (including phenoxy) is 1. The summed E-state index contributed by atoms with van der Waals surface area (Å²) in [5, 5.41) is 20.2. The summed E-state index contributed by atoms with van der Waals surface area (Å²) in [5.74, 6) is 0.0655. The molecule has 3 rings (SSSR count). The molecular formula is C10H12Li3N5O10P2. The van der Waals surface area contributed by atoms with Crippen molar-refractivity contribution in [2.24, 2.45) is 0 Å². The number of aliphatic hydroxyl groups excluding tert-OH is 2. The van der Waals surface area contributed by atoms with Crippen molar-refractivity contribution < 1.29 is 104 Å². The smallest absolute Gasteiger partial charge is 0.790 e. The van der Waals surface area contributed by atoms with Crippen LogP contribution in [-0.4, -0.2) is 54.7 Å². The molecule has 4 N–H and O–H groups in total. The maximum Gasteiger partial charge on any atom is 1.00 e. The molecule has 3 heterocycles. The van der Waals surface area contributed by atoms with Crippen LogP contribution in [0.15, 0.2) is 12.7 Å². The van der Waals surface area contributed by atoms with Gasteiger partial charge in [0.1, 0.15) is 30.2 Å². The van der Waals surface area contributed by atoms with E-state index < -0.39 is 46.8 Å². The summed E-state index contributed by atoms with van der Waals surface area (Å²) in [6, 6.07) is 0. The van der Waals surface area contributed by atoms with Crippen LogP contribution < -0.4 is 77.0 Å². The third kappa shape index (κ3) is 6.89. The number of aromatic nitrogens is 4. The average molecular weight is 445 g/mol. The molecule has 1 aliphatic heterocycles. The average Bonchev–Trinajstić information content (AvgIpc) is 3.07. The van der Waals surface area contributed by atoms with E-state index in [2.05, 4.69) is 23.8 Å². The van der Waals surface area contributed by atoms with Crippen LogP contribution in [0.4, 0.5) is 5.82 Å². The van der Waals surface area contributed by atoms with E-state index in [0.29, 0.717) is 0 Å². The van der Waals surface area contributed by atoms with Gasteiger partial charge in [-0.15, -0.1) is 0 Å². The number of fused-ring (bicyclic) bond motifs is 1. The predicted octanol–water partition coefficient (Wildman–Crippen LogP) is -12.6. The predicted molar refractivity (Wildman–Crippen MR) is 77.9 cm³/mol. The molecular weight excluding hydrogens is 433 g/mol. The van der Waals surface area contributed by atoms with E-state index in [9.17, 15) is 34.0 Å². The Hall–Kier alpha value is 0.282. The second-order valence-corrected chi connectivity index (χ2v) is 8.10. The maximum atomic E-state index is 11.3. The molecule has 0 bridgehead atoms. The van der Waals surface area contributed by atoms with Gasteiger partial charge in [-0.25, -0.2) is 15.0 Å². The topological polar surface area (TPSA) is 241 Å². The number of rotatable bonds is 6. The van der Waals surface area contributed by atoms with Gasteiger partial charge < -0.3 is 44.5 Å². The van der Waals surface area contributed by atoms with Gasteiger partial charge in [-0.2, -0.15) is 0 Å². The Bertz CT molecular complexity index is 946. The van der Waals surface area contributed by atoms with Gasteiger partial charge in [0.2, 0.25) is 0 Å². The van der Waals surface area contributed by atoms with Crippen molar-refractivity contribution in [1.82, 2.24) is 19.5 Å². The zero-order chi connectivity index (χ0) is 20.0. The molecule has 1 fully saturated rings. The van der Waals surface area contributed by atoms with Crippen LogP contribution in [0.1, 0.15) is 6.23 Å². The van der Waals surface area contributed by atoms with Crippen molar-refractivity contribution in [3.63, 3.8) is 0 Å². The fourth-order valence-electron chi connectivity index (χ4n) is 2.46. The Labute approximate surface area is 205 Å². The van der Waals surface area contributed by atoms with Gasteiger partial charge in [0.25, 0.3) is 7.82 Å². The second kappa shape index (κ2) is 11.4. The molecule has 0 saturated carbocycles. The molecule has 0 aromatic carbocycles. The quantitative estimate of drug-likeness (QED) is 0.276. The van der Waals surface area contributed by atoms with Gasteiger partial charge >= 0.3 is 56.6 Å². The number of aliphatic hydroxyl groups is 2. The van der Waals surface area contributed by atoms with Crippen LogP contribution in [0.25, 0.3) is 11.2 Å². The molecule has 150 valence electrons. The number of phosphoric acid groups is 2. The number of phosphoric ester groups is 1. The Kier molecular flexibility index (Phi) is 11.5. The first-order valence-electron chi connectivity index (χ1n) is 7.12. The third-order valence-corrected chi connectivity index (χ3v) is 5.66.